The third-order valence-corrected chi connectivity index (χ3v) is 3.87. The highest BCUT2D eigenvalue weighted by Gasteiger charge is 2.10. The van der Waals surface area contributed by atoms with E-state index >= 15 is 0 Å². The van der Waals surface area contributed by atoms with E-state index in [4.69, 9.17) is 4.98 Å². The number of anilines is 1. The summed E-state index contributed by atoms with van der Waals surface area (Å²) in [5, 5.41) is 6.68. The van der Waals surface area contributed by atoms with Crippen molar-refractivity contribution in [3.8, 4) is 0 Å². The molecule has 1 N–H and O–H groups in total. The van der Waals surface area contributed by atoms with Crippen molar-refractivity contribution in [2.24, 2.45) is 0 Å². The number of hydrogen-bond donors (Lipinski definition) is 1. The zero-order valence-corrected chi connectivity index (χ0v) is 14.3. The van der Waals surface area contributed by atoms with Gasteiger partial charge in [-0.25, -0.2) is 9.97 Å². The van der Waals surface area contributed by atoms with Crippen molar-refractivity contribution in [2.75, 3.05) is 11.9 Å². The van der Waals surface area contributed by atoms with Crippen LogP contribution < -0.4 is 10.2 Å². The van der Waals surface area contributed by atoms with Gasteiger partial charge in [0.25, 0.3) is 0 Å². The number of thiazole rings is 1. The summed E-state index contributed by atoms with van der Waals surface area (Å²) in [5.41, 5.74) is 2.26. The molecular weight excluding hydrogens is 280 g/mol. The highest BCUT2D eigenvalue weighted by molar-refractivity contribution is 7.09. The average molecular weight is 304 g/mol. The Labute approximate surface area is 131 Å². The quantitative estimate of drug-likeness (QED) is 0.919. The van der Waals surface area contributed by atoms with Gasteiger partial charge in [-0.05, 0) is 39.8 Å². The van der Waals surface area contributed by atoms with Crippen LogP contribution in [-0.4, -0.2) is 22.6 Å². The maximum absolute atomic E-state index is 4.72. The van der Waals surface area contributed by atoms with E-state index in [9.17, 15) is 0 Å². The molecule has 114 valence electrons. The molecule has 2 rings (SSSR count). The fourth-order valence-electron chi connectivity index (χ4n) is 1.94. The Morgan fingerprint density at radius 3 is 2.57 bits per heavy atom. The van der Waals surface area contributed by atoms with Gasteiger partial charge in [-0.15, -0.1) is 11.3 Å². The van der Waals surface area contributed by atoms with Crippen molar-refractivity contribution in [1.82, 2.24) is 15.3 Å². The predicted octanol–water partition coefficient (Wildman–Crippen LogP) is 3.37. The normalized spacial score (nSPS) is 11.7. The monoisotopic (exact) mass is 304 g/mol. The topological polar surface area (TPSA) is 41.1 Å². The molecule has 0 aromatic carbocycles. The van der Waals surface area contributed by atoms with Crippen molar-refractivity contribution < 1.29 is 0 Å². The van der Waals surface area contributed by atoms with Crippen LogP contribution in [-0.2, 0) is 13.1 Å². The number of rotatable bonds is 5. The summed E-state index contributed by atoms with van der Waals surface area (Å²) in [6.07, 6.45) is 0. The standard InChI is InChI=1S/C16H24N4S/c1-12-18-14(11-21-12)10-20(5)15-8-6-7-13(19-15)9-17-16(2,3)4/h6-8,11,17H,9-10H2,1-5H3. The summed E-state index contributed by atoms with van der Waals surface area (Å²) in [7, 11) is 2.05. The van der Waals surface area contributed by atoms with E-state index in [0.717, 1.165) is 35.3 Å². The Kier molecular flexibility index (Phi) is 4.96. The van der Waals surface area contributed by atoms with Gasteiger partial charge in [0.15, 0.2) is 0 Å². The van der Waals surface area contributed by atoms with E-state index < -0.39 is 0 Å². The van der Waals surface area contributed by atoms with Gasteiger partial charge < -0.3 is 10.2 Å². The second-order valence-electron chi connectivity index (χ2n) is 6.30. The van der Waals surface area contributed by atoms with Gasteiger partial charge >= 0.3 is 0 Å². The van der Waals surface area contributed by atoms with Crippen molar-refractivity contribution in [2.45, 2.75) is 46.3 Å². The first-order valence-corrected chi connectivity index (χ1v) is 8.04. The van der Waals surface area contributed by atoms with Crippen LogP contribution in [0.4, 0.5) is 5.82 Å². The lowest BCUT2D eigenvalue weighted by Crippen LogP contribution is -2.35. The fourth-order valence-corrected chi connectivity index (χ4v) is 2.54. The molecule has 0 atom stereocenters. The predicted molar refractivity (Wildman–Crippen MR) is 89.8 cm³/mol. The minimum Gasteiger partial charge on any atom is -0.354 e. The third-order valence-electron chi connectivity index (χ3n) is 3.05. The molecule has 0 aliphatic carbocycles. The third kappa shape index (κ3) is 5.10. The van der Waals surface area contributed by atoms with Crippen LogP contribution in [0.3, 0.4) is 0 Å². The van der Waals surface area contributed by atoms with Crippen LogP contribution >= 0.6 is 11.3 Å². The molecule has 0 saturated carbocycles. The fraction of sp³-hybridized carbons (Fsp3) is 0.500. The van der Waals surface area contributed by atoms with Gasteiger partial charge in [0, 0.05) is 24.5 Å². The Bertz CT molecular complexity index is 586. The van der Waals surface area contributed by atoms with Gasteiger partial charge in [0.05, 0.1) is 22.9 Å². The lowest BCUT2D eigenvalue weighted by molar-refractivity contribution is 0.421. The van der Waals surface area contributed by atoms with Gasteiger partial charge in [-0.3, -0.25) is 0 Å². The summed E-state index contributed by atoms with van der Waals surface area (Å²) < 4.78 is 0. The molecule has 21 heavy (non-hydrogen) atoms. The molecule has 0 spiro atoms. The summed E-state index contributed by atoms with van der Waals surface area (Å²) in [6, 6.07) is 6.16. The van der Waals surface area contributed by atoms with Crippen LogP contribution in [0.1, 0.15) is 37.2 Å². The van der Waals surface area contributed by atoms with Crippen molar-refractivity contribution >= 4 is 17.2 Å². The number of pyridine rings is 1. The van der Waals surface area contributed by atoms with Gasteiger partial charge in [0.2, 0.25) is 0 Å². The van der Waals surface area contributed by atoms with Gasteiger partial charge in [-0.2, -0.15) is 0 Å². The Hall–Kier alpha value is -1.46. The van der Waals surface area contributed by atoms with Crippen molar-refractivity contribution in [3.63, 3.8) is 0 Å². The minimum absolute atomic E-state index is 0.0989. The van der Waals surface area contributed by atoms with E-state index in [-0.39, 0.29) is 5.54 Å². The second kappa shape index (κ2) is 6.54. The smallest absolute Gasteiger partial charge is 0.128 e. The van der Waals surface area contributed by atoms with Crippen LogP contribution in [0.15, 0.2) is 23.6 Å². The molecule has 0 radical (unpaired) electrons. The van der Waals surface area contributed by atoms with E-state index in [0.29, 0.717) is 0 Å². The molecule has 0 bridgehead atoms. The minimum atomic E-state index is 0.0989. The van der Waals surface area contributed by atoms with Crippen LogP contribution in [0.5, 0.6) is 0 Å². The van der Waals surface area contributed by atoms with E-state index in [2.05, 4.69) is 60.5 Å². The van der Waals surface area contributed by atoms with Crippen molar-refractivity contribution in [1.29, 1.82) is 0 Å². The molecule has 0 unspecified atom stereocenters. The molecule has 4 nitrogen and oxygen atoms in total. The first kappa shape index (κ1) is 15.9. The van der Waals surface area contributed by atoms with E-state index in [1.165, 1.54) is 0 Å². The average Bonchev–Trinajstić information content (AvgIpc) is 2.81. The Balaban J connectivity index is 2.02. The molecule has 0 fully saturated rings. The lowest BCUT2D eigenvalue weighted by atomic mass is 10.1. The van der Waals surface area contributed by atoms with Crippen LogP contribution in [0.2, 0.25) is 0 Å². The largest absolute Gasteiger partial charge is 0.354 e. The summed E-state index contributed by atoms with van der Waals surface area (Å²) in [6.45, 7) is 10.1. The molecule has 0 aliphatic rings. The summed E-state index contributed by atoms with van der Waals surface area (Å²) in [5.74, 6) is 0.980. The van der Waals surface area contributed by atoms with Gasteiger partial charge in [0.1, 0.15) is 5.82 Å². The Morgan fingerprint density at radius 1 is 1.19 bits per heavy atom. The molecule has 0 amide bonds. The number of nitrogens with one attached hydrogen (secondary N) is 1. The van der Waals surface area contributed by atoms with Gasteiger partial charge in [-0.1, -0.05) is 6.07 Å². The second-order valence-corrected chi connectivity index (χ2v) is 7.37. The Morgan fingerprint density at radius 2 is 1.95 bits per heavy atom. The molecule has 0 saturated heterocycles. The maximum atomic E-state index is 4.72. The van der Waals surface area contributed by atoms with Crippen molar-refractivity contribution in [3.05, 3.63) is 40.0 Å². The van der Waals surface area contributed by atoms with E-state index in [1.807, 2.05) is 13.0 Å². The highest BCUT2D eigenvalue weighted by atomic mass is 32.1. The summed E-state index contributed by atoms with van der Waals surface area (Å²) in [4.78, 5) is 11.4. The SMILES string of the molecule is Cc1nc(CN(C)c2cccc(CNC(C)(C)C)n2)cs1. The summed E-state index contributed by atoms with van der Waals surface area (Å²) >= 11 is 1.69. The maximum Gasteiger partial charge on any atom is 0.128 e. The van der Waals surface area contributed by atoms with Crippen LogP contribution in [0, 0.1) is 6.92 Å². The van der Waals surface area contributed by atoms with E-state index in [1.54, 1.807) is 11.3 Å². The molecule has 2 aromatic rings. The number of aryl methyl sites for hydroxylation is 1. The molecule has 2 aromatic heterocycles. The lowest BCUT2D eigenvalue weighted by Gasteiger charge is -2.21. The molecule has 0 aliphatic heterocycles. The first-order valence-electron chi connectivity index (χ1n) is 7.16. The molecule has 5 heteroatoms. The molecule has 2 heterocycles. The molecular formula is C16H24N4S. The number of hydrogen-bond acceptors (Lipinski definition) is 5. The number of aromatic nitrogens is 2. The zero-order chi connectivity index (χ0) is 15.5. The number of nitrogens with zero attached hydrogens (tertiary/aromatic N) is 3. The highest BCUT2D eigenvalue weighted by Crippen LogP contribution is 2.15. The first-order chi connectivity index (χ1) is 9.83. The van der Waals surface area contributed by atoms with Crippen LogP contribution in [0.25, 0.3) is 0 Å². The zero-order valence-electron chi connectivity index (χ0n) is 13.5.